The lowest BCUT2D eigenvalue weighted by Crippen LogP contribution is -2.36. The van der Waals surface area contributed by atoms with Crippen molar-refractivity contribution in [3.63, 3.8) is 0 Å². The van der Waals surface area contributed by atoms with E-state index in [9.17, 15) is 9.59 Å². The van der Waals surface area contributed by atoms with Gasteiger partial charge >= 0.3 is 0 Å². The number of methoxy groups -OCH3 is 1. The molecule has 1 heterocycles. The van der Waals surface area contributed by atoms with Crippen molar-refractivity contribution in [2.45, 2.75) is 6.04 Å². The molecule has 0 radical (unpaired) electrons. The minimum absolute atomic E-state index is 0.00681. The molecule has 0 saturated carbocycles. The van der Waals surface area contributed by atoms with Gasteiger partial charge in [-0.1, -0.05) is 12.1 Å². The van der Waals surface area contributed by atoms with E-state index in [1.54, 1.807) is 13.2 Å². The summed E-state index contributed by atoms with van der Waals surface area (Å²) in [6.45, 7) is 0.395. The van der Waals surface area contributed by atoms with Gasteiger partial charge < -0.3 is 19.9 Å². The monoisotopic (exact) mass is 315 g/mol. The van der Waals surface area contributed by atoms with E-state index in [1.165, 1.54) is 12.3 Å². The van der Waals surface area contributed by atoms with Crippen LogP contribution in [0.15, 0.2) is 47.4 Å². The third-order valence-electron chi connectivity index (χ3n) is 3.64. The molecule has 0 saturated heterocycles. The molecule has 0 bridgehead atoms. The number of carbonyl (C=O) groups excluding carboxylic acids is 1. The third-order valence-corrected chi connectivity index (χ3v) is 3.64. The number of nitrogens with one attached hydrogen (secondary N) is 2. The summed E-state index contributed by atoms with van der Waals surface area (Å²) >= 11 is 0. The Morgan fingerprint density at radius 2 is 1.96 bits per heavy atom. The summed E-state index contributed by atoms with van der Waals surface area (Å²) in [5.74, 6) is 0.401. The molecule has 1 aromatic heterocycles. The van der Waals surface area contributed by atoms with Gasteiger partial charge in [0.1, 0.15) is 11.3 Å². The number of aromatic amines is 1. The van der Waals surface area contributed by atoms with Crippen LogP contribution in [0.2, 0.25) is 0 Å². The van der Waals surface area contributed by atoms with Crippen molar-refractivity contribution < 1.29 is 9.53 Å². The van der Waals surface area contributed by atoms with Gasteiger partial charge in [-0.05, 0) is 43.9 Å². The first-order chi connectivity index (χ1) is 11.0. The minimum atomic E-state index is -0.393. The molecule has 2 aromatic rings. The predicted octanol–water partition coefficient (Wildman–Crippen LogP) is 1.42. The Bertz CT molecular complexity index is 708. The molecule has 2 N–H and O–H groups in total. The lowest BCUT2D eigenvalue weighted by molar-refractivity contribution is 0.0940. The minimum Gasteiger partial charge on any atom is -0.497 e. The molecule has 0 spiro atoms. The molecule has 1 atom stereocenters. The Hall–Kier alpha value is -2.60. The fourth-order valence-electron chi connectivity index (χ4n) is 2.31. The molecule has 1 aromatic carbocycles. The molecule has 0 fully saturated rings. The average molecular weight is 315 g/mol. The lowest BCUT2D eigenvalue weighted by Gasteiger charge is -2.25. The molecule has 2 rings (SSSR count). The van der Waals surface area contributed by atoms with Gasteiger partial charge in [-0.2, -0.15) is 0 Å². The number of hydrogen-bond donors (Lipinski definition) is 2. The zero-order valence-corrected chi connectivity index (χ0v) is 13.5. The highest BCUT2D eigenvalue weighted by atomic mass is 16.5. The molecule has 1 unspecified atom stereocenters. The Kier molecular flexibility index (Phi) is 5.54. The first-order valence-corrected chi connectivity index (χ1v) is 7.29. The predicted molar refractivity (Wildman–Crippen MR) is 88.8 cm³/mol. The van der Waals surface area contributed by atoms with Crippen LogP contribution in [0, 0.1) is 0 Å². The van der Waals surface area contributed by atoms with E-state index in [4.69, 9.17) is 4.74 Å². The number of carbonyl (C=O) groups is 1. The highest BCUT2D eigenvalue weighted by molar-refractivity contribution is 5.93. The van der Waals surface area contributed by atoms with Crippen molar-refractivity contribution >= 4 is 5.91 Å². The van der Waals surface area contributed by atoms with Crippen LogP contribution in [0.4, 0.5) is 0 Å². The van der Waals surface area contributed by atoms with Gasteiger partial charge in [0.15, 0.2) is 0 Å². The maximum Gasteiger partial charge on any atom is 0.260 e. The Morgan fingerprint density at radius 1 is 1.26 bits per heavy atom. The number of pyridine rings is 1. The summed E-state index contributed by atoms with van der Waals surface area (Å²) in [6.07, 6.45) is 1.50. The zero-order chi connectivity index (χ0) is 16.8. The molecule has 6 nitrogen and oxygen atoms in total. The number of benzene rings is 1. The van der Waals surface area contributed by atoms with Gasteiger partial charge in [0.05, 0.1) is 13.2 Å². The lowest BCUT2D eigenvalue weighted by atomic mass is 10.1. The second kappa shape index (κ2) is 7.60. The quantitative estimate of drug-likeness (QED) is 0.845. The van der Waals surface area contributed by atoms with Gasteiger partial charge in [0.25, 0.3) is 11.5 Å². The SMILES string of the molecule is COc1ccc(C(CNC(=O)c2ccc[nH]c2=O)N(C)C)cc1. The van der Waals surface area contributed by atoms with Gasteiger partial charge in [0.2, 0.25) is 0 Å². The Morgan fingerprint density at radius 3 is 2.52 bits per heavy atom. The molecule has 1 amide bonds. The van der Waals surface area contributed by atoms with Crippen molar-refractivity contribution in [1.82, 2.24) is 15.2 Å². The van der Waals surface area contributed by atoms with Crippen LogP contribution >= 0.6 is 0 Å². The van der Waals surface area contributed by atoms with E-state index < -0.39 is 5.56 Å². The maximum atomic E-state index is 12.2. The van der Waals surface area contributed by atoms with Gasteiger partial charge in [-0.25, -0.2) is 0 Å². The summed E-state index contributed by atoms with van der Waals surface area (Å²) in [4.78, 5) is 28.3. The van der Waals surface area contributed by atoms with Gasteiger partial charge in [-0.15, -0.1) is 0 Å². The molecular weight excluding hydrogens is 294 g/mol. The first kappa shape index (κ1) is 16.8. The number of nitrogens with zero attached hydrogens (tertiary/aromatic N) is 1. The van der Waals surface area contributed by atoms with Crippen molar-refractivity contribution in [3.8, 4) is 5.75 Å². The molecular formula is C17H21N3O3. The smallest absolute Gasteiger partial charge is 0.260 e. The standard InChI is InChI=1S/C17H21N3O3/c1-20(2)15(12-6-8-13(23-3)9-7-12)11-19-17(22)14-5-4-10-18-16(14)21/h4-10,15H,11H2,1-3H3,(H,18,21)(H,19,22). The van der Waals surface area contributed by atoms with Crippen molar-refractivity contribution in [2.24, 2.45) is 0 Å². The Balaban J connectivity index is 2.09. The number of aromatic nitrogens is 1. The molecule has 122 valence electrons. The van der Waals surface area contributed by atoms with Gasteiger partial charge in [-0.3, -0.25) is 9.59 Å². The molecule has 6 heteroatoms. The summed E-state index contributed by atoms with van der Waals surface area (Å²) in [5, 5.41) is 2.82. The van der Waals surface area contributed by atoms with E-state index in [1.807, 2.05) is 43.3 Å². The van der Waals surface area contributed by atoms with Crippen LogP contribution in [-0.4, -0.2) is 43.5 Å². The van der Waals surface area contributed by atoms with Crippen LogP contribution in [0.25, 0.3) is 0 Å². The van der Waals surface area contributed by atoms with Crippen molar-refractivity contribution in [3.05, 3.63) is 64.1 Å². The van der Waals surface area contributed by atoms with Crippen LogP contribution < -0.4 is 15.6 Å². The number of hydrogen-bond acceptors (Lipinski definition) is 4. The number of ether oxygens (including phenoxy) is 1. The van der Waals surface area contributed by atoms with Crippen molar-refractivity contribution in [2.75, 3.05) is 27.7 Å². The number of H-pyrrole nitrogens is 1. The molecule has 0 aliphatic rings. The number of rotatable bonds is 6. The fourth-order valence-corrected chi connectivity index (χ4v) is 2.31. The average Bonchev–Trinajstić information content (AvgIpc) is 2.55. The molecule has 23 heavy (non-hydrogen) atoms. The van der Waals surface area contributed by atoms with Crippen LogP contribution in [-0.2, 0) is 0 Å². The molecule has 0 aliphatic heterocycles. The molecule has 0 aliphatic carbocycles. The topological polar surface area (TPSA) is 74.4 Å². The summed E-state index contributed by atoms with van der Waals surface area (Å²) in [7, 11) is 5.50. The highest BCUT2D eigenvalue weighted by Crippen LogP contribution is 2.20. The summed E-state index contributed by atoms with van der Waals surface area (Å²) in [6, 6.07) is 10.8. The fraction of sp³-hybridized carbons (Fsp3) is 0.294. The highest BCUT2D eigenvalue weighted by Gasteiger charge is 2.17. The third kappa shape index (κ3) is 4.20. The van der Waals surface area contributed by atoms with Crippen LogP contribution in [0.5, 0.6) is 5.75 Å². The second-order valence-electron chi connectivity index (χ2n) is 5.38. The van der Waals surface area contributed by atoms with Crippen molar-refractivity contribution in [1.29, 1.82) is 0 Å². The zero-order valence-electron chi connectivity index (χ0n) is 13.5. The number of likely N-dealkylation sites (N-methyl/N-ethyl adjacent to an activating group) is 1. The van der Waals surface area contributed by atoms with E-state index in [2.05, 4.69) is 10.3 Å². The normalized spacial score (nSPS) is 12.0. The number of amides is 1. The van der Waals surface area contributed by atoms with E-state index in [-0.39, 0.29) is 17.5 Å². The summed E-state index contributed by atoms with van der Waals surface area (Å²) < 4.78 is 5.16. The van der Waals surface area contributed by atoms with Crippen LogP contribution in [0.3, 0.4) is 0 Å². The Labute approximate surface area is 135 Å². The van der Waals surface area contributed by atoms with E-state index >= 15 is 0 Å². The summed E-state index contributed by atoms with van der Waals surface area (Å²) in [5.41, 5.74) is 0.772. The van der Waals surface area contributed by atoms with E-state index in [0.717, 1.165) is 11.3 Å². The van der Waals surface area contributed by atoms with Crippen LogP contribution in [0.1, 0.15) is 22.0 Å². The second-order valence-corrected chi connectivity index (χ2v) is 5.38. The first-order valence-electron chi connectivity index (χ1n) is 7.29. The van der Waals surface area contributed by atoms with Gasteiger partial charge in [0, 0.05) is 12.7 Å². The van der Waals surface area contributed by atoms with E-state index in [0.29, 0.717) is 6.54 Å². The largest absolute Gasteiger partial charge is 0.497 e. The maximum absolute atomic E-state index is 12.2.